The molecule has 72 valence electrons. The predicted molar refractivity (Wildman–Crippen MR) is 59.8 cm³/mol. The van der Waals surface area contributed by atoms with Crippen molar-refractivity contribution < 1.29 is 5.11 Å². The molecule has 0 radical (unpaired) electrons. The molecule has 1 heterocycles. The molecule has 0 amide bonds. The molecule has 2 heteroatoms. The molecule has 1 aromatic carbocycles. The maximum absolute atomic E-state index is 9.05. The zero-order chi connectivity index (χ0) is 9.54. The fourth-order valence-electron chi connectivity index (χ4n) is 2.12. The van der Waals surface area contributed by atoms with Gasteiger partial charge < -0.3 is 5.11 Å². The molecule has 1 aromatic heterocycles. The lowest BCUT2D eigenvalue weighted by atomic mass is 10.1. The van der Waals surface area contributed by atoms with Gasteiger partial charge in [-0.25, -0.2) is 0 Å². The van der Waals surface area contributed by atoms with E-state index in [1.807, 2.05) is 11.3 Å². The molecule has 1 nitrogen and oxygen atoms in total. The number of thiophene rings is 1. The van der Waals surface area contributed by atoms with Crippen molar-refractivity contribution in [3.63, 3.8) is 0 Å². The lowest BCUT2D eigenvalue weighted by molar-refractivity contribution is 0.274. The van der Waals surface area contributed by atoms with Crippen LogP contribution in [0.1, 0.15) is 17.9 Å². The summed E-state index contributed by atoms with van der Waals surface area (Å²) in [5.41, 5.74) is 1.45. The standard InChI is InChI=1S/C12H12OS/c13-6-8-5-10(8)11-7-14-12-4-2-1-3-9(11)12/h1-4,7-8,10,13H,5-6H2. The third kappa shape index (κ3) is 1.18. The van der Waals surface area contributed by atoms with Gasteiger partial charge in [-0.3, -0.25) is 0 Å². The Morgan fingerprint density at radius 3 is 3.00 bits per heavy atom. The van der Waals surface area contributed by atoms with Crippen LogP contribution in [0.5, 0.6) is 0 Å². The Kier molecular flexibility index (Phi) is 1.85. The number of hydrogen-bond donors (Lipinski definition) is 1. The highest BCUT2D eigenvalue weighted by Gasteiger charge is 2.38. The molecule has 2 atom stereocenters. The molecular formula is C12H12OS. The van der Waals surface area contributed by atoms with Gasteiger partial charge in [0.15, 0.2) is 0 Å². The maximum Gasteiger partial charge on any atom is 0.0465 e. The van der Waals surface area contributed by atoms with E-state index < -0.39 is 0 Å². The summed E-state index contributed by atoms with van der Waals surface area (Å²) < 4.78 is 1.37. The molecule has 1 aliphatic carbocycles. The van der Waals surface area contributed by atoms with E-state index in [2.05, 4.69) is 29.6 Å². The molecule has 1 fully saturated rings. The largest absolute Gasteiger partial charge is 0.396 e. The fourth-order valence-corrected chi connectivity index (χ4v) is 3.14. The summed E-state index contributed by atoms with van der Waals surface area (Å²) >= 11 is 1.81. The molecular weight excluding hydrogens is 192 g/mol. The van der Waals surface area contributed by atoms with E-state index >= 15 is 0 Å². The van der Waals surface area contributed by atoms with E-state index in [9.17, 15) is 0 Å². The lowest BCUT2D eigenvalue weighted by Gasteiger charge is -1.95. The van der Waals surface area contributed by atoms with Crippen molar-refractivity contribution in [1.29, 1.82) is 0 Å². The van der Waals surface area contributed by atoms with E-state index in [4.69, 9.17) is 5.11 Å². The van der Waals surface area contributed by atoms with Gasteiger partial charge in [-0.2, -0.15) is 0 Å². The van der Waals surface area contributed by atoms with Crippen molar-refractivity contribution in [1.82, 2.24) is 0 Å². The minimum Gasteiger partial charge on any atom is -0.396 e. The Morgan fingerprint density at radius 2 is 2.21 bits per heavy atom. The highest BCUT2D eigenvalue weighted by molar-refractivity contribution is 7.17. The molecule has 0 aliphatic heterocycles. The molecule has 3 rings (SSSR count). The highest BCUT2D eigenvalue weighted by atomic mass is 32.1. The van der Waals surface area contributed by atoms with Crippen LogP contribution in [0.15, 0.2) is 29.6 Å². The van der Waals surface area contributed by atoms with E-state index in [-0.39, 0.29) is 0 Å². The second-order valence-electron chi connectivity index (χ2n) is 3.97. The van der Waals surface area contributed by atoms with Gasteiger partial charge in [0, 0.05) is 11.3 Å². The molecule has 1 saturated carbocycles. The second kappa shape index (κ2) is 3.07. The van der Waals surface area contributed by atoms with Crippen LogP contribution in [0.25, 0.3) is 10.1 Å². The highest BCUT2D eigenvalue weighted by Crippen LogP contribution is 2.50. The normalized spacial score (nSPS) is 25.5. The van der Waals surface area contributed by atoms with Gasteiger partial charge in [-0.05, 0) is 40.7 Å². The fraction of sp³-hybridized carbons (Fsp3) is 0.333. The van der Waals surface area contributed by atoms with Gasteiger partial charge in [0.1, 0.15) is 0 Å². The Hall–Kier alpha value is -0.860. The van der Waals surface area contributed by atoms with Crippen molar-refractivity contribution in [3.8, 4) is 0 Å². The summed E-state index contributed by atoms with van der Waals surface area (Å²) in [4.78, 5) is 0. The summed E-state index contributed by atoms with van der Waals surface area (Å²) in [6.07, 6.45) is 1.16. The molecule has 1 N–H and O–H groups in total. The van der Waals surface area contributed by atoms with Gasteiger partial charge in [0.2, 0.25) is 0 Å². The minimum absolute atomic E-state index is 0.342. The third-order valence-electron chi connectivity index (χ3n) is 3.07. The van der Waals surface area contributed by atoms with E-state index in [0.717, 1.165) is 6.42 Å². The van der Waals surface area contributed by atoms with Crippen LogP contribution in [0.3, 0.4) is 0 Å². The number of aliphatic hydroxyl groups excluding tert-OH is 1. The molecule has 0 saturated heterocycles. The summed E-state index contributed by atoms with van der Waals surface area (Å²) in [5, 5.41) is 12.7. The van der Waals surface area contributed by atoms with Gasteiger partial charge in [0.05, 0.1) is 0 Å². The Labute approximate surface area is 87.0 Å². The van der Waals surface area contributed by atoms with Crippen LogP contribution in [-0.2, 0) is 0 Å². The molecule has 14 heavy (non-hydrogen) atoms. The van der Waals surface area contributed by atoms with Crippen molar-refractivity contribution in [3.05, 3.63) is 35.2 Å². The first-order valence-corrected chi connectivity index (χ1v) is 5.85. The average Bonchev–Trinajstić information content (AvgIpc) is 2.90. The second-order valence-corrected chi connectivity index (χ2v) is 4.88. The molecule has 0 spiro atoms. The molecule has 2 aromatic rings. The first-order valence-electron chi connectivity index (χ1n) is 4.97. The topological polar surface area (TPSA) is 20.2 Å². The summed E-state index contributed by atoms with van der Waals surface area (Å²) in [6, 6.07) is 8.53. The van der Waals surface area contributed by atoms with Crippen LogP contribution in [0.4, 0.5) is 0 Å². The first-order chi connectivity index (χ1) is 6.90. The van der Waals surface area contributed by atoms with Crippen molar-refractivity contribution in [2.24, 2.45) is 5.92 Å². The van der Waals surface area contributed by atoms with Crippen LogP contribution < -0.4 is 0 Å². The molecule has 0 bridgehead atoms. The third-order valence-corrected chi connectivity index (χ3v) is 4.05. The van der Waals surface area contributed by atoms with Crippen LogP contribution in [0, 0.1) is 5.92 Å². The average molecular weight is 204 g/mol. The molecule has 1 aliphatic rings. The number of hydrogen-bond acceptors (Lipinski definition) is 2. The number of fused-ring (bicyclic) bond motifs is 1. The summed E-state index contributed by atoms with van der Waals surface area (Å²) in [5.74, 6) is 1.14. The Balaban J connectivity index is 2.06. The van der Waals surface area contributed by atoms with Gasteiger partial charge >= 0.3 is 0 Å². The van der Waals surface area contributed by atoms with Gasteiger partial charge in [-0.1, -0.05) is 18.2 Å². The number of rotatable bonds is 2. The SMILES string of the molecule is OCC1CC1c1csc2ccccc12. The van der Waals surface area contributed by atoms with Gasteiger partial charge in [0.25, 0.3) is 0 Å². The Morgan fingerprint density at radius 1 is 1.36 bits per heavy atom. The lowest BCUT2D eigenvalue weighted by Crippen LogP contribution is -1.87. The first kappa shape index (κ1) is 8.45. The number of aliphatic hydroxyl groups is 1. The molecule has 2 unspecified atom stereocenters. The van der Waals surface area contributed by atoms with E-state index in [1.165, 1.54) is 15.6 Å². The Bertz CT molecular complexity index is 460. The van der Waals surface area contributed by atoms with E-state index in [1.54, 1.807) is 0 Å². The quantitative estimate of drug-likeness (QED) is 0.797. The minimum atomic E-state index is 0.342. The van der Waals surface area contributed by atoms with Crippen LogP contribution in [-0.4, -0.2) is 11.7 Å². The zero-order valence-corrected chi connectivity index (χ0v) is 8.63. The zero-order valence-electron chi connectivity index (χ0n) is 7.81. The predicted octanol–water partition coefficient (Wildman–Crippen LogP) is 3.00. The van der Waals surface area contributed by atoms with Crippen LogP contribution in [0.2, 0.25) is 0 Å². The van der Waals surface area contributed by atoms with Gasteiger partial charge in [-0.15, -0.1) is 11.3 Å². The summed E-state index contributed by atoms with van der Waals surface area (Å²) in [7, 11) is 0. The summed E-state index contributed by atoms with van der Waals surface area (Å²) in [6.45, 7) is 0.342. The van der Waals surface area contributed by atoms with Crippen molar-refractivity contribution in [2.75, 3.05) is 6.61 Å². The number of benzene rings is 1. The maximum atomic E-state index is 9.05. The van der Waals surface area contributed by atoms with Crippen molar-refractivity contribution >= 4 is 21.4 Å². The smallest absolute Gasteiger partial charge is 0.0465 e. The van der Waals surface area contributed by atoms with Crippen LogP contribution >= 0.6 is 11.3 Å². The van der Waals surface area contributed by atoms with Crippen molar-refractivity contribution in [2.45, 2.75) is 12.3 Å². The monoisotopic (exact) mass is 204 g/mol. The van der Waals surface area contributed by atoms with E-state index in [0.29, 0.717) is 18.4 Å².